The molecule has 0 aromatic heterocycles. The number of rotatable bonds is 26. The van der Waals surface area contributed by atoms with Gasteiger partial charge >= 0.3 is 0 Å². The van der Waals surface area contributed by atoms with Crippen molar-refractivity contribution in [3.63, 3.8) is 0 Å². The average molecular weight is 789 g/mol. The molecule has 0 radical (unpaired) electrons. The third-order valence-corrected chi connectivity index (χ3v) is 11.6. The molecule has 0 saturated heterocycles. The van der Waals surface area contributed by atoms with Crippen LogP contribution in [0.15, 0.2) is 60.7 Å². The third kappa shape index (κ3) is 16.3. The van der Waals surface area contributed by atoms with Crippen molar-refractivity contribution in [3.8, 4) is 0 Å². The molecule has 1 aliphatic rings. The molecule has 1 fully saturated rings. The number of aliphatic hydroxyl groups is 1. The lowest BCUT2D eigenvalue weighted by Crippen LogP contribution is -2.48. The Balaban J connectivity index is 1.79. The van der Waals surface area contributed by atoms with E-state index in [-0.39, 0.29) is 49.1 Å². The fraction of sp³-hybridized carbons (Fsp3) is 0.609. The molecule has 11 heteroatoms. The van der Waals surface area contributed by atoms with Crippen LogP contribution in [-0.4, -0.2) is 82.4 Å². The summed E-state index contributed by atoms with van der Waals surface area (Å²) in [5.41, 5.74) is 7.27. The Kier molecular flexibility index (Phi) is 20.3. The molecular formula is C46H68N4O7. The number of aliphatic hydroxyl groups excluding tert-OH is 1. The van der Waals surface area contributed by atoms with E-state index in [0.717, 1.165) is 62.7 Å². The first-order valence-corrected chi connectivity index (χ1v) is 21.2. The van der Waals surface area contributed by atoms with E-state index in [1.807, 2.05) is 60.7 Å². The van der Waals surface area contributed by atoms with E-state index in [4.69, 9.17) is 5.73 Å². The van der Waals surface area contributed by atoms with Gasteiger partial charge in [-0.2, -0.15) is 0 Å². The van der Waals surface area contributed by atoms with Crippen molar-refractivity contribution in [1.29, 1.82) is 0 Å². The van der Waals surface area contributed by atoms with E-state index < -0.39 is 53.5 Å². The Hall–Kier alpha value is -4.22. The highest BCUT2D eigenvalue weighted by molar-refractivity contribution is 5.96. The molecule has 0 spiro atoms. The number of primary amides is 1. The second-order valence-electron chi connectivity index (χ2n) is 16.4. The molecule has 0 aliphatic heterocycles. The summed E-state index contributed by atoms with van der Waals surface area (Å²) in [5.74, 6) is -5.02. The first-order chi connectivity index (χ1) is 27.2. The molecule has 1 aliphatic carbocycles. The molecule has 3 amide bonds. The molecule has 0 heterocycles. The molecular weight excluding hydrogens is 721 g/mol. The lowest BCUT2D eigenvalue weighted by Gasteiger charge is -2.26. The topological polar surface area (TPSA) is 176 Å². The Labute approximate surface area is 340 Å². The quantitative estimate of drug-likeness (QED) is 0.0900. The number of amides is 3. The van der Waals surface area contributed by atoms with Crippen LogP contribution in [0.5, 0.6) is 0 Å². The fourth-order valence-electron chi connectivity index (χ4n) is 7.89. The summed E-state index contributed by atoms with van der Waals surface area (Å²) in [6, 6.07) is 17.3. The van der Waals surface area contributed by atoms with Crippen LogP contribution in [0.4, 0.5) is 0 Å². The molecule has 57 heavy (non-hydrogen) atoms. The predicted molar refractivity (Wildman–Crippen MR) is 223 cm³/mol. The molecule has 314 valence electrons. The largest absolute Gasteiger partial charge is 0.393 e. The minimum absolute atomic E-state index is 0.0448. The number of benzene rings is 2. The smallest absolute Gasteiger partial charge is 0.224 e. The second-order valence-corrected chi connectivity index (χ2v) is 16.4. The predicted octanol–water partition coefficient (Wildman–Crippen LogP) is 5.53. The number of unbranched alkanes of at least 4 members (excludes halogenated alkanes) is 1. The summed E-state index contributed by atoms with van der Waals surface area (Å²) in [5, 5.41) is 16.0. The molecule has 2 aromatic rings. The van der Waals surface area contributed by atoms with Crippen LogP contribution < -0.4 is 16.4 Å². The van der Waals surface area contributed by atoms with Crippen LogP contribution in [0.3, 0.4) is 0 Å². The summed E-state index contributed by atoms with van der Waals surface area (Å²) < 4.78 is 0. The number of Topliss-reactive ketones (excluding diaryl/α,β-unsaturated/α-hetero) is 3. The van der Waals surface area contributed by atoms with Gasteiger partial charge in [0.15, 0.2) is 11.6 Å². The first-order valence-electron chi connectivity index (χ1n) is 21.2. The van der Waals surface area contributed by atoms with Gasteiger partial charge < -0.3 is 26.4 Å². The Bertz CT molecular complexity index is 1580. The van der Waals surface area contributed by atoms with Crippen molar-refractivity contribution >= 4 is 35.1 Å². The Morgan fingerprint density at radius 1 is 0.737 bits per heavy atom. The van der Waals surface area contributed by atoms with Crippen molar-refractivity contribution < 1.29 is 33.9 Å². The van der Waals surface area contributed by atoms with Crippen molar-refractivity contribution in [2.24, 2.45) is 29.4 Å². The van der Waals surface area contributed by atoms with E-state index >= 15 is 0 Å². The van der Waals surface area contributed by atoms with Gasteiger partial charge in [-0.05, 0) is 96.9 Å². The van der Waals surface area contributed by atoms with Crippen molar-refractivity contribution in [3.05, 3.63) is 71.8 Å². The van der Waals surface area contributed by atoms with E-state index in [1.54, 1.807) is 6.92 Å². The maximum Gasteiger partial charge on any atom is 0.224 e. The van der Waals surface area contributed by atoms with Gasteiger partial charge in [0.25, 0.3) is 0 Å². The molecule has 3 rings (SSSR count). The molecule has 5 N–H and O–H groups in total. The lowest BCUT2D eigenvalue weighted by molar-refractivity contribution is -0.135. The monoisotopic (exact) mass is 789 g/mol. The summed E-state index contributed by atoms with van der Waals surface area (Å²) in [6.45, 7) is 11.0. The Morgan fingerprint density at radius 3 is 1.79 bits per heavy atom. The van der Waals surface area contributed by atoms with Crippen LogP contribution >= 0.6 is 0 Å². The highest BCUT2D eigenvalue weighted by atomic mass is 16.3. The zero-order valence-corrected chi connectivity index (χ0v) is 34.9. The first kappa shape index (κ1) is 47.2. The van der Waals surface area contributed by atoms with Gasteiger partial charge in [0, 0.05) is 43.1 Å². The van der Waals surface area contributed by atoms with E-state index in [2.05, 4.69) is 36.3 Å². The Morgan fingerprint density at radius 2 is 1.28 bits per heavy atom. The minimum Gasteiger partial charge on any atom is -0.393 e. The zero-order valence-electron chi connectivity index (χ0n) is 34.9. The van der Waals surface area contributed by atoms with Crippen LogP contribution in [0.2, 0.25) is 0 Å². The molecule has 0 bridgehead atoms. The minimum atomic E-state index is -1.15. The highest BCUT2D eigenvalue weighted by Gasteiger charge is 2.34. The van der Waals surface area contributed by atoms with Crippen LogP contribution in [-0.2, 0) is 41.6 Å². The van der Waals surface area contributed by atoms with Crippen molar-refractivity contribution in [2.75, 3.05) is 13.1 Å². The molecule has 6 atom stereocenters. The van der Waals surface area contributed by atoms with Crippen LogP contribution in [0.1, 0.15) is 116 Å². The van der Waals surface area contributed by atoms with E-state index in [9.17, 15) is 33.9 Å². The molecule has 1 saturated carbocycles. The standard InChI is InChI=1S/C46H68N4O7/c1-6-50(31(2)3)25-17-16-24-40(43(54)30-39(33(5)51)44(47)55)49-46(57)37(26-34-18-10-7-11-19-34)28-41(52)32(4)48-45(56)38(27-35-20-12-8-13-21-35)29-42(53)36-22-14-9-15-23-36/h7-8,10-13,18-21,31-33,36-40,51H,6,9,14-17,22-30H2,1-5H3,(H2,47,55)(H,48,56)(H,49,57)/t32-,33+,37?,38?,39?,40-/m0/s1. The van der Waals surface area contributed by atoms with Crippen molar-refractivity contribution in [1.82, 2.24) is 15.5 Å². The maximum atomic E-state index is 14.2. The SMILES string of the molecule is CCN(CCCC[C@H](NC(=O)C(CC(=O)[C@H](C)NC(=O)C(CC(=O)C1CCCCC1)Cc1ccccc1)Cc1ccccc1)C(=O)CC(C(N)=O)[C@@H](C)O)C(C)C. The van der Waals surface area contributed by atoms with Crippen LogP contribution in [0, 0.1) is 23.7 Å². The number of carbonyl (C=O) groups excluding carboxylic acids is 6. The van der Waals surface area contributed by atoms with Gasteiger partial charge in [0.1, 0.15) is 5.78 Å². The summed E-state index contributed by atoms with van der Waals surface area (Å²) in [7, 11) is 0. The summed E-state index contributed by atoms with van der Waals surface area (Å²) >= 11 is 0. The fourth-order valence-corrected chi connectivity index (χ4v) is 7.89. The number of nitrogens with two attached hydrogens (primary N) is 1. The van der Waals surface area contributed by atoms with Crippen molar-refractivity contribution in [2.45, 2.75) is 142 Å². The van der Waals surface area contributed by atoms with E-state index in [0.29, 0.717) is 25.3 Å². The highest BCUT2D eigenvalue weighted by Crippen LogP contribution is 2.28. The average Bonchev–Trinajstić information content (AvgIpc) is 3.19. The second kappa shape index (κ2) is 24.5. The van der Waals surface area contributed by atoms with Gasteiger partial charge in [0.2, 0.25) is 17.7 Å². The molecule has 2 aromatic carbocycles. The number of nitrogens with one attached hydrogen (secondary N) is 2. The molecule has 11 nitrogen and oxygen atoms in total. The normalized spacial score (nSPS) is 16.6. The molecule has 3 unspecified atom stereocenters. The van der Waals surface area contributed by atoms with Gasteiger partial charge in [-0.15, -0.1) is 0 Å². The van der Waals surface area contributed by atoms with Gasteiger partial charge in [-0.3, -0.25) is 28.8 Å². The van der Waals surface area contributed by atoms with Gasteiger partial charge in [-0.25, -0.2) is 0 Å². The maximum absolute atomic E-state index is 14.2. The number of ketones is 3. The van der Waals surface area contributed by atoms with Gasteiger partial charge in [-0.1, -0.05) is 86.8 Å². The summed E-state index contributed by atoms with van der Waals surface area (Å²) in [4.78, 5) is 83.4. The number of nitrogens with zero attached hydrogens (tertiary/aromatic N) is 1. The number of carbonyl (C=O) groups is 6. The van der Waals surface area contributed by atoms with Gasteiger partial charge in [0.05, 0.1) is 24.1 Å². The third-order valence-electron chi connectivity index (χ3n) is 11.6. The number of hydrogen-bond donors (Lipinski definition) is 4. The lowest BCUT2D eigenvalue weighted by atomic mass is 9.81. The van der Waals surface area contributed by atoms with E-state index in [1.165, 1.54) is 6.92 Å². The zero-order chi connectivity index (χ0) is 41.9. The number of hydrogen-bond acceptors (Lipinski definition) is 8. The summed E-state index contributed by atoms with van der Waals surface area (Å²) in [6.07, 6.45) is 5.52. The van der Waals surface area contributed by atoms with Crippen LogP contribution in [0.25, 0.3) is 0 Å².